The number of benzene rings is 2. The number of aromatic amines is 1. The number of para-hydroxylation sites is 2. The van der Waals surface area contributed by atoms with E-state index in [1.165, 1.54) is 10.9 Å². The molecule has 4 nitrogen and oxygen atoms in total. The lowest BCUT2D eigenvalue weighted by Crippen LogP contribution is -2.52. The highest BCUT2D eigenvalue weighted by Gasteiger charge is 2.52. The van der Waals surface area contributed by atoms with Crippen molar-refractivity contribution in [3.05, 3.63) is 65.4 Å². The van der Waals surface area contributed by atoms with Gasteiger partial charge >= 0.3 is 0 Å². The maximum Gasteiger partial charge on any atom is 0.255 e. The summed E-state index contributed by atoms with van der Waals surface area (Å²) in [6.07, 6.45) is 1.97. The smallest absolute Gasteiger partial charge is 0.255 e. The zero-order valence-electron chi connectivity index (χ0n) is 13.5. The molecule has 2 aliphatic rings. The van der Waals surface area contributed by atoms with Gasteiger partial charge in [0.25, 0.3) is 5.91 Å². The number of carbonyl (C=O) groups is 1. The van der Waals surface area contributed by atoms with Crippen molar-refractivity contribution in [2.75, 3.05) is 5.32 Å². The van der Waals surface area contributed by atoms with Crippen molar-refractivity contribution in [2.45, 2.75) is 31.3 Å². The van der Waals surface area contributed by atoms with Gasteiger partial charge in [-0.2, -0.15) is 0 Å². The highest BCUT2D eigenvalue weighted by molar-refractivity contribution is 6.09. The molecule has 3 heterocycles. The van der Waals surface area contributed by atoms with E-state index in [9.17, 15) is 4.79 Å². The average molecular weight is 317 g/mol. The minimum absolute atomic E-state index is 0.00487. The van der Waals surface area contributed by atoms with Gasteiger partial charge < -0.3 is 10.3 Å². The van der Waals surface area contributed by atoms with Crippen LogP contribution in [0.3, 0.4) is 0 Å². The molecule has 0 unspecified atom stereocenters. The number of hydrogen-bond donors (Lipinski definition) is 3. The number of amides is 1. The van der Waals surface area contributed by atoms with E-state index < -0.39 is 5.54 Å². The summed E-state index contributed by atoms with van der Waals surface area (Å²) < 4.78 is 0. The molecule has 2 atom stereocenters. The molecule has 0 saturated heterocycles. The van der Waals surface area contributed by atoms with Crippen molar-refractivity contribution in [3.8, 4) is 0 Å². The molecule has 3 aromatic rings. The van der Waals surface area contributed by atoms with Crippen LogP contribution in [-0.2, 0) is 16.8 Å². The molecular weight excluding hydrogens is 298 g/mol. The summed E-state index contributed by atoms with van der Waals surface area (Å²) in [5, 5.41) is 7.93. The molecule has 0 saturated carbocycles. The number of nitrogens with one attached hydrogen (secondary N) is 3. The quantitative estimate of drug-likeness (QED) is 0.596. The second kappa shape index (κ2) is 4.71. The standard InChI is InChI=1S/C20H19N3O/c1-12-10-11-14-13-6-2-4-8-16(13)21-18(14)20(23-12)15-7-3-5-9-17(15)22-19(20)24/h2-9,12,21,23H,10-11H2,1H3,(H,22,24)/t12-,20-/m1/s1. The first-order valence-corrected chi connectivity index (χ1v) is 8.49. The van der Waals surface area contributed by atoms with Crippen LogP contribution in [0.5, 0.6) is 0 Å². The van der Waals surface area contributed by atoms with Gasteiger partial charge in [0, 0.05) is 28.2 Å². The van der Waals surface area contributed by atoms with Gasteiger partial charge in [-0.3, -0.25) is 10.1 Å². The largest absolute Gasteiger partial charge is 0.356 e. The fourth-order valence-corrected chi connectivity index (χ4v) is 4.30. The molecule has 1 aromatic heterocycles. The Bertz CT molecular complexity index is 974. The zero-order valence-corrected chi connectivity index (χ0v) is 13.5. The van der Waals surface area contributed by atoms with Crippen molar-refractivity contribution in [1.29, 1.82) is 0 Å². The maximum atomic E-state index is 13.2. The van der Waals surface area contributed by atoms with E-state index in [1.807, 2.05) is 30.3 Å². The molecule has 2 aliphatic heterocycles. The third-order valence-corrected chi connectivity index (χ3v) is 5.40. The van der Waals surface area contributed by atoms with Crippen LogP contribution in [0.2, 0.25) is 0 Å². The molecule has 120 valence electrons. The van der Waals surface area contributed by atoms with Crippen LogP contribution < -0.4 is 10.6 Å². The fraction of sp³-hybridized carbons (Fsp3) is 0.250. The molecule has 24 heavy (non-hydrogen) atoms. The monoisotopic (exact) mass is 317 g/mol. The van der Waals surface area contributed by atoms with Crippen LogP contribution in [0.1, 0.15) is 30.2 Å². The summed E-state index contributed by atoms with van der Waals surface area (Å²) in [7, 11) is 0. The molecule has 1 amide bonds. The van der Waals surface area contributed by atoms with Gasteiger partial charge in [-0.25, -0.2) is 0 Å². The van der Waals surface area contributed by atoms with Crippen LogP contribution >= 0.6 is 0 Å². The highest BCUT2D eigenvalue weighted by Crippen LogP contribution is 2.45. The van der Waals surface area contributed by atoms with E-state index in [0.717, 1.165) is 35.3 Å². The minimum Gasteiger partial charge on any atom is -0.356 e. The first-order chi connectivity index (χ1) is 11.7. The van der Waals surface area contributed by atoms with Crippen LogP contribution in [0.15, 0.2) is 48.5 Å². The molecular formula is C20H19N3O. The molecule has 1 spiro atoms. The summed E-state index contributed by atoms with van der Waals surface area (Å²) in [6.45, 7) is 2.16. The second-order valence-electron chi connectivity index (χ2n) is 6.86. The number of aromatic nitrogens is 1. The Balaban J connectivity index is 1.88. The predicted octanol–water partition coefficient (Wildman–Crippen LogP) is 3.29. The number of H-pyrrole nitrogens is 1. The van der Waals surface area contributed by atoms with Crippen molar-refractivity contribution in [3.63, 3.8) is 0 Å². The lowest BCUT2D eigenvalue weighted by molar-refractivity contribution is -0.120. The molecule has 5 rings (SSSR count). The third kappa shape index (κ3) is 1.64. The molecule has 0 bridgehead atoms. The predicted molar refractivity (Wildman–Crippen MR) is 95.1 cm³/mol. The van der Waals surface area contributed by atoms with Gasteiger partial charge in [0.15, 0.2) is 5.54 Å². The molecule has 0 fully saturated rings. The zero-order chi connectivity index (χ0) is 16.3. The van der Waals surface area contributed by atoms with Gasteiger partial charge in [-0.15, -0.1) is 0 Å². The highest BCUT2D eigenvalue weighted by atomic mass is 16.2. The minimum atomic E-state index is -0.832. The Morgan fingerprint density at radius 2 is 1.88 bits per heavy atom. The molecule has 3 N–H and O–H groups in total. The second-order valence-corrected chi connectivity index (χ2v) is 6.86. The molecule has 0 aliphatic carbocycles. The van der Waals surface area contributed by atoms with Crippen molar-refractivity contribution in [2.24, 2.45) is 0 Å². The average Bonchev–Trinajstić information content (AvgIpc) is 3.04. The molecule has 2 aromatic carbocycles. The third-order valence-electron chi connectivity index (χ3n) is 5.40. The molecule has 0 radical (unpaired) electrons. The van der Waals surface area contributed by atoms with E-state index in [-0.39, 0.29) is 11.9 Å². The number of anilines is 1. The number of hydrogen-bond acceptors (Lipinski definition) is 2. The van der Waals surface area contributed by atoms with Gasteiger partial charge in [-0.05, 0) is 37.5 Å². The van der Waals surface area contributed by atoms with Crippen LogP contribution in [0, 0.1) is 0 Å². The van der Waals surface area contributed by atoms with Crippen molar-refractivity contribution < 1.29 is 4.79 Å². The first kappa shape index (κ1) is 13.8. The van der Waals surface area contributed by atoms with Crippen molar-refractivity contribution in [1.82, 2.24) is 10.3 Å². The fourth-order valence-electron chi connectivity index (χ4n) is 4.30. The van der Waals surface area contributed by atoms with E-state index in [0.29, 0.717) is 0 Å². The van der Waals surface area contributed by atoms with E-state index in [2.05, 4.69) is 40.7 Å². The Morgan fingerprint density at radius 3 is 2.79 bits per heavy atom. The van der Waals surface area contributed by atoms with Gasteiger partial charge in [0.05, 0.1) is 5.69 Å². The van der Waals surface area contributed by atoms with E-state index >= 15 is 0 Å². The lowest BCUT2D eigenvalue weighted by atomic mass is 9.85. The summed E-state index contributed by atoms with van der Waals surface area (Å²) >= 11 is 0. The Labute approximate surface area is 140 Å². The number of carbonyl (C=O) groups excluding carboxylic acids is 1. The van der Waals surface area contributed by atoms with Crippen molar-refractivity contribution >= 4 is 22.5 Å². The van der Waals surface area contributed by atoms with Crippen LogP contribution in [-0.4, -0.2) is 16.9 Å². The summed E-state index contributed by atoms with van der Waals surface area (Å²) in [5.74, 6) is 0.00487. The Hall–Kier alpha value is -2.59. The van der Waals surface area contributed by atoms with E-state index in [4.69, 9.17) is 0 Å². The van der Waals surface area contributed by atoms with Crippen LogP contribution in [0.4, 0.5) is 5.69 Å². The Morgan fingerprint density at radius 1 is 1.08 bits per heavy atom. The SMILES string of the molecule is C[C@@H]1CCc2c([nH]c3ccccc23)[C@@]2(N1)C(=O)Nc1ccccc12. The topological polar surface area (TPSA) is 56.9 Å². The summed E-state index contributed by atoms with van der Waals surface area (Å²) in [6, 6.07) is 16.6. The van der Waals surface area contributed by atoms with Gasteiger partial charge in [0.2, 0.25) is 0 Å². The first-order valence-electron chi connectivity index (χ1n) is 8.49. The van der Waals surface area contributed by atoms with Crippen LogP contribution in [0.25, 0.3) is 10.9 Å². The van der Waals surface area contributed by atoms with Gasteiger partial charge in [-0.1, -0.05) is 36.4 Å². The number of aryl methyl sites for hydroxylation is 1. The normalized spacial score (nSPS) is 25.4. The lowest BCUT2D eigenvalue weighted by Gasteiger charge is -2.30. The maximum absolute atomic E-state index is 13.2. The summed E-state index contributed by atoms with van der Waals surface area (Å²) in [5.41, 5.74) is 4.42. The van der Waals surface area contributed by atoms with E-state index in [1.54, 1.807) is 0 Å². The number of fused-ring (bicyclic) bond motifs is 6. The molecule has 4 heteroatoms. The number of rotatable bonds is 0. The summed E-state index contributed by atoms with van der Waals surface area (Å²) in [4.78, 5) is 16.7. The van der Waals surface area contributed by atoms with Gasteiger partial charge in [0.1, 0.15) is 0 Å². The Kier molecular flexibility index (Phi) is 2.71.